The minimum Gasteiger partial charge on any atom is -0.378 e. The normalized spacial score (nSPS) is 10.3. The Morgan fingerprint density at radius 2 is 1.95 bits per heavy atom. The highest BCUT2D eigenvalue weighted by molar-refractivity contribution is 9.10. The summed E-state index contributed by atoms with van der Waals surface area (Å²) >= 11 is 3.13. The molecule has 0 aromatic heterocycles. The number of nitro benzene ring substituents is 1. The van der Waals surface area contributed by atoms with Crippen LogP contribution in [0.2, 0.25) is 0 Å². The third kappa shape index (κ3) is 3.30. The first-order valence-electron chi connectivity index (χ1n) is 5.59. The Balaban J connectivity index is 2.22. The van der Waals surface area contributed by atoms with E-state index in [-0.39, 0.29) is 23.5 Å². The molecule has 0 aliphatic heterocycles. The van der Waals surface area contributed by atoms with E-state index in [2.05, 4.69) is 21.2 Å². The number of rotatable bonds is 4. The largest absolute Gasteiger partial charge is 0.378 e. The summed E-state index contributed by atoms with van der Waals surface area (Å²) in [7, 11) is 0. The van der Waals surface area contributed by atoms with Gasteiger partial charge in [0.1, 0.15) is 11.6 Å². The second-order valence-corrected chi connectivity index (χ2v) is 4.92. The van der Waals surface area contributed by atoms with Crippen molar-refractivity contribution in [3.63, 3.8) is 0 Å². The van der Waals surface area contributed by atoms with Gasteiger partial charge >= 0.3 is 0 Å². The number of hydrogen-bond acceptors (Lipinski definition) is 3. The van der Waals surface area contributed by atoms with Gasteiger partial charge in [-0.1, -0.05) is 15.9 Å². The molecule has 0 fully saturated rings. The van der Waals surface area contributed by atoms with E-state index in [1.54, 1.807) is 6.07 Å². The zero-order valence-corrected chi connectivity index (χ0v) is 11.7. The van der Waals surface area contributed by atoms with Crippen LogP contribution in [-0.4, -0.2) is 4.92 Å². The maximum absolute atomic E-state index is 13.6. The molecule has 0 saturated heterocycles. The van der Waals surface area contributed by atoms with Crippen molar-refractivity contribution in [3.8, 4) is 0 Å². The van der Waals surface area contributed by atoms with Crippen LogP contribution in [0.25, 0.3) is 0 Å². The first-order valence-corrected chi connectivity index (χ1v) is 6.38. The number of nitro groups is 1. The van der Waals surface area contributed by atoms with Gasteiger partial charge in [0.25, 0.3) is 5.69 Å². The summed E-state index contributed by atoms with van der Waals surface area (Å²) < 4.78 is 27.3. The lowest BCUT2D eigenvalue weighted by atomic mass is 10.1. The molecule has 2 rings (SSSR count). The summed E-state index contributed by atoms with van der Waals surface area (Å²) in [5.74, 6) is -1.08. The van der Waals surface area contributed by atoms with E-state index in [0.29, 0.717) is 4.47 Å². The molecular formula is C13H9BrF2N2O2. The molecule has 0 unspecified atom stereocenters. The molecule has 7 heteroatoms. The first kappa shape index (κ1) is 14.4. The van der Waals surface area contributed by atoms with Crippen LogP contribution >= 0.6 is 15.9 Å². The Bertz CT molecular complexity index is 665. The van der Waals surface area contributed by atoms with Gasteiger partial charge in [-0.05, 0) is 30.3 Å². The lowest BCUT2D eigenvalue weighted by Crippen LogP contribution is -2.05. The van der Waals surface area contributed by atoms with Crippen molar-refractivity contribution in [1.29, 1.82) is 0 Å². The van der Waals surface area contributed by atoms with E-state index >= 15 is 0 Å². The van der Waals surface area contributed by atoms with Crippen LogP contribution in [0.5, 0.6) is 0 Å². The zero-order valence-electron chi connectivity index (χ0n) is 10.1. The number of hydrogen-bond donors (Lipinski definition) is 1. The summed E-state index contributed by atoms with van der Waals surface area (Å²) in [5, 5.41) is 13.5. The second-order valence-electron chi connectivity index (χ2n) is 4.01. The van der Waals surface area contributed by atoms with Crippen LogP contribution in [0.15, 0.2) is 40.9 Å². The Labute approximate surface area is 121 Å². The molecule has 0 amide bonds. The summed E-state index contributed by atoms with van der Waals surface area (Å²) in [6, 6.07) is 7.55. The Hall–Kier alpha value is -2.02. The number of halogens is 3. The van der Waals surface area contributed by atoms with Gasteiger partial charge in [0.05, 0.1) is 16.2 Å². The molecule has 0 radical (unpaired) electrons. The van der Waals surface area contributed by atoms with Crippen LogP contribution < -0.4 is 5.32 Å². The number of nitrogens with zero attached hydrogens (tertiary/aromatic N) is 1. The molecule has 0 bridgehead atoms. The Kier molecular flexibility index (Phi) is 4.29. The van der Waals surface area contributed by atoms with E-state index in [0.717, 1.165) is 18.2 Å². The van der Waals surface area contributed by atoms with Crippen molar-refractivity contribution in [2.75, 3.05) is 5.32 Å². The summed E-state index contributed by atoms with van der Waals surface area (Å²) in [4.78, 5) is 10.2. The number of benzene rings is 2. The van der Waals surface area contributed by atoms with Crippen molar-refractivity contribution in [2.45, 2.75) is 6.54 Å². The van der Waals surface area contributed by atoms with Crippen molar-refractivity contribution in [2.24, 2.45) is 0 Å². The third-order valence-corrected chi connectivity index (χ3v) is 3.13. The van der Waals surface area contributed by atoms with Crippen molar-refractivity contribution >= 4 is 27.3 Å². The van der Waals surface area contributed by atoms with Gasteiger partial charge in [-0.3, -0.25) is 10.1 Å². The maximum Gasteiger partial charge on any atom is 0.274 e. The van der Waals surface area contributed by atoms with Gasteiger partial charge in [-0.15, -0.1) is 0 Å². The minimum atomic E-state index is -0.603. The first-order chi connectivity index (χ1) is 9.47. The predicted octanol–water partition coefficient (Wildman–Crippen LogP) is 4.25. The van der Waals surface area contributed by atoms with Crippen LogP contribution in [0.4, 0.5) is 20.2 Å². The molecular weight excluding hydrogens is 334 g/mol. The highest BCUT2D eigenvalue weighted by atomic mass is 79.9. The molecule has 0 spiro atoms. The van der Waals surface area contributed by atoms with Gasteiger partial charge in [-0.25, -0.2) is 8.78 Å². The summed E-state index contributed by atoms with van der Waals surface area (Å²) in [6.45, 7) is -0.0490. The fourth-order valence-corrected chi connectivity index (χ4v) is 2.03. The standard InChI is InChI=1S/C13H9BrF2N2O2/c14-9-1-3-12(11(16)6-9)17-7-8-5-10(15)2-4-13(8)18(19)20/h1-6,17H,7H2. The minimum absolute atomic E-state index is 0.0490. The van der Waals surface area contributed by atoms with Crippen LogP contribution in [-0.2, 0) is 6.54 Å². The molecule has 0 aliphatic carbocycles. The molecule has 4 nitrogen and oxygen atoms in total. The van der Waals surface area contributed by atoms with E-state index in [9.17, 15) is 18.9 Å². The van der Waals surface area contributed by atoms with E-state index < -0.39 is 16.6 Å². The molecule has 0 saturated carbocycles. The molecule has 20 heavy (non-hydrogen) atoms. The molecule has 104 valence electrons. The average molecular weight is 343 g/mol. The molecule has 0 atom stereocenters. The Morgan fingerprint density at radius 3 is 2.60 bits per heavy atom. The molecule has 2 aromatic carbocycles. The maximum atomic E-state index is 13.6. The van der Waals surface area contributed by atoms with Crippen molar-refractivity contribution in [3.05, 3.63) is 68.2 Å². The SMILES string of the molecule is O=[N+]([O-])c1ccc(F)cc1CNc1ccc(Br)cc1F. The van der Waals surface area contributed by atoms with Gasteiger partial charge < -0.3 is 5.32 Å². The zero-order chi connectivity index (χ0) is 14.7. The van der Waals surface area contributed by atoms with E-state index in [1.807, 2.05) is 0 Å². The molecule has 2 aromatic rings. The van der Waals surface area contributed by atoms with Crippen LogP contribution in [0.3, 0.4) is 0 Å². The molecule has 1 N–H and O–H groups in total. The van der Waals surface area contributed by atoms with Gasteiger partial charge in [0.15, 0.2) is 0 Å². The molecule has 0 heterocycles. The Morgan fingerprint density at radius 1 is 1.20 bits per heavy atom. The summed E-state index contributed by atoms with van der Waals surface area (Å²) in [5.41, 5.74) is 0.125. The smallest absolute Gasteiger partial charge is 0.274 e. The van der Waals surface area contributed by atoms with Gasteiger partial charge in [-0.2, -0.15) is 0 Å². The highest BCUT2D eigenvalue weighted by Crippen LogP contribution is 2.23. The van der Waals surface area contributed by atoms with Gasteiger partial charge in [0.2, 0.25) is 0 Å². The quantitative estimate of drug-likeness (QED) is 0.667. The lowest BCUT2D eigenvalue weighted by Gasteiger charge is -2.08. The fraction of sp³-hybridized carbons (Fsp3) is 0.0769. The highest BCUT2D eigenvalue weighted by Gasteiger charge is 2.14. The average Bonchev–Trinajstić information content (AvgIpc) is 2.37. The van der Waals surface area contributed by atoms with Crippen LogP contribution in [0, 0.1) is 21.7 Å². The van der Waals surface area contributed by atoms with E-state index in [4.69, 9.17) is 0 Å². The molecule has 0 aliphatic rings. The van der Waals surface area contributed by atoms with E-state index in [1.165, 1.54) is 12.1 Å². The predicted molar refractivity (Wildman–Crippen MR) is 74.5 cm³/mol. The third-order valence-electron chi connectivity index (χ3n) is 2.64. The topological polar surface area (TPSA) is 55.2 Å². The lowest BCUT2D eigenvalue weighted by molar-refractivity contribution is -0.385. The monoisotopic (exact) mass is 342 g/mol. The fourth-order valence-electron chi connectivity index (χ4n) is 1.70. The van der Waals surface area contributed by atoms with Crippen molar-refractivity contribution < 1.29 is 13.7 Å². The van der Waals surface area contributed by atoms with Crippen LogP contribution in [0.1, 0.15) is 5.56 Å². The van der Waals surface area contributed by atoms with Crippen molar-refractivity contribution in [1.82, 2.24) is 0 Å². The number of anilines is 1. The summed E-state index contributed by atoms with van der Waals surface area (Å²) in [6.07, 6.45) is 0. The second kappa shape index (κ2) is 5.96. The van der Waals surface area contributed by atoms with Gasteiger partial charge in [0, 0.05) is 17.1 Å². The number of nitrogens with one attached hydrogen (secondary N) is 1.